The lowest BCUT2D eigenvalue weighted by atomic mass is 10.2. The van der Waals surface area contributed by atoms with Crippen LogP contribution in [0.15, 0.2) is 85.1 Å². The SMILES string of the molecule is CC/C=C\C/C=C\C/C=C\C/C=C\C/C=C\C/C=C\CCC(=O)N1CC[C@H](NC(=O)/C=C/C(=O)CO)C1. The van der Waals surface area contributed by atoms with Gasteiger partial charge in [0.25, 0.3) is 0 Å². The minimum Gasteiger partial charge on any atom is -0.388 e. The van der Waals surface area contributed by atoms with Crippen LogP contribution in [0.1, 0.15) is 64.7 Å². The second-order valence-corrected chi connectivity index (χ2v) is 8.75. The molecule has 1 atom stereocenters. The number of carbonyl (C=O) groups excluding carboxylic acids is 3. The fourth-order valence-electron chi connectivity index (χ4n) is 3.58. The molecule has 1 saturated heterocycles. The highest BCUT2D eigenvalue weighted by atomic mass is 16.3. The molecule has 1 heterocycles. The van der Waals surface area contributed by atoms with Crippen molar-refractivity contribution in [3.05, 3.63) is 85.1 Å². The standard InChI is InChI=1S/C31H44N2O4/c1-2-3-4-5-6-7-8-9-10-11-12-13-14-15-16-17-18-19-20-21-31(37)33-25-24-28(26-33)32-30(36)23-22-29(35)27-34/h3-4,6-7,9-10,12-13,15-16,18-19,22-23,28,34H,2,5,8,11,14,17,20-21,24-27H2,1H3,(H,32,36)/b4-3-,7-6-,10-9-,13-12-,16-15-,19-18-,23-22+/t28-/m0/s1. The predicted molar refractivity (Wildman–Crippen MR) is 152 cm³/mol. The highest BCUT2D eigenvalue weighted by Gasteiger charge is 2.26. The van der Waals surface area contributed by atoms with Crippen molar-refractivity contribution in [3.8, 4) is 0 Å². The third-order valence-corrected chi connectivity index (χ3v) is 5.59. The van der Waals surface area contributed by atoms with Crippen LogP contribution in [0.25, 0.3) is 0 Å². The van der Waals surface area contributed by atoms with Gasteiger partial charge in [-0.15, -0.1) is 0 Å². The topological polar surface area (TPSA) is 86.7 Å². The molecular formula is C31H44N2O4. The number of hydrogen-bond donors (Lipinski definition) is 2. The lowest BCUT2D eigenvalue weighted by molar-refractivity contribution is -0.130. The summed E-state index contributed by atoms with van der Waals surface area (Å²) >= 11 is 0. The second kappa shape index (κ2) is 22.0. The Morgan fingerprint density at radius 1 is 0.784 bits per heavy atom. The monoisotopic (exact) mass is 508 g/mol. The highest BCUT2D eigenvalue weighted by Crippen LogP contribution is 2.12. The number of nitrogens with one attached hydrogen (secondary N) is 1. The molecule has 2 amide bonds. The summed E-state index contributed by atoms with van der Waals surface area (Å²) in [7, 11) is 0. The van der Waals surface area contributed by atoms with Gasteiger partial charge in [-0.2, -0.15) is 0 Å². The van der Waals surface area contributed by atoms with Crippen LogP contribution in [0.2, 0.25) is 0 Å². The molecule has 1 rings (SSSR count). The number of likely N-dealkylation sites (tertiary alicyclic amines) is 1. The summed E-state index contributed by atoms with van der Waals surface area (Å²) in [6, 6.07) is -0.115. The van der Waals surface area contributed by atoms with Gasteiger partial charge in [-0.05, 0) is 57.4 Å². The summed E-state index contributed by atoms with van der Waals surface area (Å²) in [6.07, 6.45) is 35.7. The molecule has 0 aromatic heterocycles. The maximum absolute atomic E-state index is 12.4. The molecule has 1 fully saturated rings. The molecule has 2 N–H and O–H groups in total. The van der Waals surface area contributed by atoms with Crippen LogP contribution < -0.4 is 5.32 Å². The van der Waals surface area contributed by atoms with Crippen LogP contribution in [-0.4, -0.2) is 53.3 Å². The Bertz CT molecular complexity index is 878. The van der Waals surface area contributed by atoms with Crippen molar-refractivity contribution in [2.45, 2.75) is 70.8 Å². The van der Waals surface area contributed by atoms with Gasteiger partial charge in [0.1, 0.15) is 6.61 Å². The second-order valence-electron chi connectivity index (χ2n) is 8.75. The first-order chi connectivity index (χ1) is 18.1. The van der Waals surface area contributed by atoms with Gasteiger partial charge in [-0.3, -0.25) is 14.4 Å². The Kier molecular flexibility index (Phi) is 18.9. The molecule has 1 aliphatic heterocycles. The summed E-state index contributed by atoms with van der Waals surface area (Å²) in [5, 5.41) is 11.4. The van der Waals surface area contributed by atoms with Gasteiger partial charge in [0.15, 0.2) is 5.78 Å². The van der Waals surface area contributed by atoms with Crippen molar-refractivity contribution in [2.24, 2.45) is 0 Å². The number of aliphatic hydroxyl groups is 1. The maximum Gasteiger partial charge on any atom is 0.244 e. The zero-order valence-corrected chi connectivity index (χ0v) is 22.3. The van der Waals surface area contributed by atoms with Gasteiger partial charge in [0, 0.05) is 31.6 Å². The zero-order chi connectivity index (χ0) is 27.0. The summed E-state index contributed by atoms with van der Waals surface area (Å²) in [6.45, 7) is 2.62. The smallest absolute Gasteiger partial charge is 0.244 e. The normalized spacial score (nSPS) is 16.8. The lowest BCUT2D eigenvalue weighted by Crippen LogP contribution is -2.37. The Balaban J connectivity index is 2.08. The van der Waals surface area contributed by atoms with Crippen LogP contribution >= 0.6 is 0 Å². The molecule has 0 saturated carbocycles. The van der Waals surface area contributed by atoms with E-state index in [-0.39, 0.29) is 17.9 Å². The van der Waals surface area contributed by atoms with E-state index < -0.39 is 12.4 Å². The maximum atomic E-state index is 12.4. The van der Waals surface area contributed by atoms with E-state index >= 15 is 0 Å². The first kappa shape index (κ1) is 31.8. The molecule has 1 aliphatic rings. The van der Waals surface area contributed by atoms with E-state index in [4.69, 9.17) is 5.11 Å². The Morgan fingerprint density at radius 2 is 1.30 bits per heavy atom. The Labute approximate surface area is 222 Å². The number of allylic oxidation sites excluding steroid dienone is 12. The number of aliphatic hydroxyl groups excluding tert-OH is 1. The van der Waals surface area contributed by atoms with E-state index in [1.807, 2.05) is 6.08 Å². The fourth-order valence-corrected chi connectivity index (χ4v) is 3.58. The van der Waals surface area contributed by atoms with Crippen molar-refractivity contribution >= 4 is 17.6 Å². The van der Waals surface area contributed by atoms with Gasteiger partial charge < -0.3 is 15.3 Å². The zero-order valence-electron chi connectivity index (χ0n) is 22.3. The summed E-state index contributed by atoms with van der Waals surface area (Å²) in [4.78, 5) is 37.0. The van der Waals surface area contributed by atoms with Crippen LogP contribution in [0.3, 0.4) is 0 Å². The minimum atomic E-state index is -0.619. The molecule has 202 valence electrons. The van der Waals surface area contributed by atoms with E-state index in [0.29, 0.717) is 32.4 Å². The first-order valence-corrected chi connectivity index (χ1v) is 13.4. The van der Waals surface area contributed by atoms with Gasteiger partial charge in [-0.1, -0.05) is 79.8 Å². The summed E-state index contributed by atoms with van der Waals surface area (Å²) < 4.78 is 0. The van der Waals surface area contributed by atoms with E-state index in [1.165, 1.54) is 0 Å². The molecule has 6 heteroatoms. The van der Waals surface area contributed by atoms with Crippen LogP contribution in [0.4, 0.5) is 0 Å². The average Bonchev–Trinajstić information content (AvgIpc) is 3.37. The van der Waals surface area contributed by atoms with Crippen molar-refractivity contribution in [2.75, 3.05) is 19.7 Å². The van der Waals surface area contributed by atoms with Gasteiger partial charge in [-0.25, -0.2) is 0 Å². The van der Waals surface area contributed by atoms with E-state index in [0.717, 1.165) is 50.7 Å². The number of hydrogen-bond acceptors (Lipinski definition) is 4. The van der Waals surface area contributed by atoms with Crippen molar-refractivity contribution in [1.29, 1.82) is 0 Å². The number of carbonyl (C=O) groups is 3. The van der Waals surface area contributed by atoms with Gasteiger partial charge in [0.05, 0.1) is 0 Å². The average molecular weight is 509 g/mol. The molecule has 0 unspecified atom stereocenters. The third kappa shape index (κ3) is 17.8. The molecule has 37 heavy (non-hydrogen) atoms. The molecular weight excluding hydrogens is 464 g/mol. The molecule has 0 aliphatic carbocycles. The first-order valence-electron chi connectivity index (χ1n) is 13.4. The number of amides is 2. The highest BCUT2D eigenvalue weighted by molar-refractivity contribution is 5.98. The van der Waals surface area contributed by atoms with E-state index in [2.05, 4.69) is 79.1 Å². The summed E-state index contributed by atoms with van der Waals surface area (Å²) in [5.74, 6) is -0.825. The third-order valence-electron chi connectivity index (χ3n) is 5.59. The van der Waals surface area contributed by atoms with Crippen molar-refractivity contribution in [1.82, 2.24) is 10.2 Å². The molecule has 0 bridgehead atoms. The number of nitrogens with zero attached hydrogens (tertiary/aromatic N) is 1. The molecule has 6 nitrogen and oxygen atoms in total. The van der Waals surface area contributed by atoms with Crippen LogP contribution in [0, 0.1) is 0 Å². The van der Waals surface area contributed by atoms with Gasteiger partial charge in [0.2, 0.25) is 11.8 Å². The predicted octanol–water partition coefficient (Wildman–Crippen LogP) is 5.30. The van der Waals surface area contributed by atoms with Gasteiger partial charge >= 0.3 is 0 Å². The largest absolute Gasteiger partial charge is 0.388 e. The van der Waals surface area contributed by atoms with Crippen LogP contribution in [0.5, 0.6) is 0 Å². The molecule has 0 spiro atoms. The van der Waals surface area contributed by atoms with Crippen LogP contribution in [-0.2, 0) is 14.4 Å². The molecule has 0 aromatic rings. The number of ketones is 1. The molecule has 0 aromatic carbocycles. The van der Waals surface area contributed by atoms with Crippen molar-refractivity contribution in [3.63, 3.8) is 0 Å². The molecule has 0 radical (unpaired) electrons. The van der Waals surface area contributed by atoms with Crippen molar-refractivity contribution < 1.29 is 19.5 Å². The quantitative estimate of drug-likeness (QED) is 0.194. The van der Waals surface area contributed by atoms with E-state index in [9.17, 15) is 14.4 Å². The summed E-state index contributed by atoms with van der Waals surface area (Å²) in [5.41, 5.74) is 0. The fraction of sp³-hybridized carbons (Fsp3) is 0.452. The minimum absolute atomic E-state index is 0.0854. The number of rotatable bonds is 18. The lowest BCUT2D eigenvalue weighted by Gasteiger charge is -2.16. The Hall–Kier alpha value is -3.25. The Morgan fingerprint density at radius 3 is 1.81 bits per heavy atom. The van der Waals surface area contributed by atoms with E-state index in [1.54, 1.807) is 4.90 Å².